The van der Waals surface area contributed by atoms with E-state index in [1.807, 2.05) is 11.0 Å². The van der Waals surface area contributed by atoms with Crippen LogP contribution in [-0.2, 0) is 9.63 Å². The van der Waals surface area contributed by atoms with Crippen LogP contribution in [0, 0.1) is 40.4 Å². The molecule has 0 bridgehead atoms. The summed E-state index contributed by atoms with van der Waals surface area (Å²) in [5.41, 5.74) is 2.89. The molecule has 0 aromatic carbocycles. The maximum absolute atomic E-state index is 13.1. The van der Waals surface area contributed by atoms with Crippen LogP contribution in [0.25, 0.3) is 0 Å². The largest absolute Gasteiger partial charge is 0.436 e. The van der Waals surface area contributed by atoms with Crippen molar-refractivity contribution in [1.82, 2.24) is 10.2 Å². The number of nitrogens with one attached hydrogen (secondary N) is 1. The lowest BCUT2D eigenvalue weighted by Gasteiger charge is -2.58. The van der Waals surface area contributed by atoms with Gasteiger partial charge in [-0.3, -0.25) is 9.63 Å². The van der Waals surface area contributed by atoms with Crippen LogP contribution in [0.15, 0.2) is 16.8 Å². The smallest absolute Gasteiger partial charge is 0.314 e. The van der Waals surface area contributed by atoms with E-state index in [2.05, 4.69) is 38.2 Å². The average Bonchev–Trinajstić information content (AvgIpc) is 3.54. The van der Waals surface area contributed by atoms with Crippen molar-refractivity contribution in [3.05, 3.63) is 11.6 Å². The standard InChI is InChI=1S/C32H49N3O3/c1-20-17-23(33-19-20)13-16-35(24-6-7-24)30(37)38-34-21(2)27-9-10-28-26-8-5-22-18-25(36)11-14-31(22,3)29(26)12-15-32(27,28)4/h18,20,23-24,26-29,33H,5-17,19H2,1-4H3/b34-21+/t20?,23?,26-,27+,28-,29-,31-,32+/m0/s1. The number of oxime groups is 1. The van der Waals surface area contributed by atoms with Crippen molar-refractivity contribution >= 4 is 17.6 Å². The monoisotopic (exact) mass is 523 g/mol. The Kier molecular flexibility index (Phi) is 7.02. The summed E-state index contributed by atoms with van der Waals surface area (Å²) in [6, 6.07) is 0.847. The van der Waals surface area contributed by atoms with E-state index in [-0.39, 0.29) is 16.9 Å². The van der Waals surface area contributed by atoms with Crippen LogP contribution in [0.5, 0.6) is 0 Å². The molecular weight excluding hydrogens is 474 g/mol. The molecule has 0 aromatic heterocycles. The summed E-state index contributed by atoms with van der Waals surface area (Å²) in [4.78, 5) is 32.8. The molecule has 2 unspecified atom stereocenters. The Morgan fingerprint density at radius 2 is 1.92 bits per heavy atom. The fraction of sp³-hybridized carbons (Fsp3) is 0.844. The number of hydrogen-bond acceptors (Lipinski definition) is 5. The zero-order valence-electron chi connectivity index (χ0n) is 24.1. The normalized spacial score (nSPS) is 42.7. The van der Waals surface area contributed by atoms with Crippen molar-refractivity contribution in [2.75, 3.05) is 13.1 Å². The molecule has 6 aliphatic rings. The second kappa shape index (κ2) is 10.1. The van der Waals surface area contributed by atoms with Gasteiger partial charge < -0.3 is 10.2 Å². The van der Waals surface area contributed by atoms with E-state index in [0.29, 0.717) is 35.6 Å². The van der Waals surface area contributed by atoms with Gasteiger partial charge in [0.05, 0.1) is 5.71 Å². The number of allylic oxidation sites excluding steroid dienone is 1. The molecule has 1 heterocycles. The van der Waals surface area contributed by atoms with E-state index >= 15 is 0 Å². The van der Waals surface area contributed by atoms with E-state index in [0.717, 1.165) is 75.6 Å². The Hall–Kier alpha value is -1.69. The summed E-state index contributed by atoms with van der Waals surface area (Å²) < 4.78 is 0. The number of fused-ring (bicyclic) bond motifs is 5. The topological polar surface area (TPSA) is 71.0 Å². The minimum absolute atomic E-state index is 0.216. The molecule has 6 heteroatoms. The second-order valence-corrected chi connectivity index (χ2v) is 14.4. The third-order valence-electron chi connectivity index (χ3n) is 12.1. The Morgan fingerprint density at radius 1 is 1.11 bits per heavy atom. The van der Waals surface area contributed by atoms with Gasteiger partial charge >= 0.3 is 6.09 Å². The second-order valence-electron chi connectivity index (χ2n) is 14.4. The molecule has 4 saturated carbocycles. The van der Waals surface area contributed by atoms with Crippen LogP contribution >= 0.6 is 0 Å². The maximum Gasteiger partial charge on any atom is 0.436 e. The van der Waals surface area contributed by atoms with E-state index in [1.54, 1.807) is 0 Å². The van der Waals surface area contributed by atoms with Gasteiger partial charge in [0.1, 0.15) is 0 Å². The quantitative estimate of drug-likeness (QED) is 0.245. The lowest BCUT2D eigenvalue weighted by Crippen LogP contribution is -2.51. The van der Waals surface area contributed by atoms with Crippen molar-refractivity contribution in [3.8, 4) is 0 Å². The number of carbonyl (C=O) groups excluding carboxylic acids is 2. The van der Waals surface area contributed by atoms with Crippen molar-refractivity contribution in [2.24, 2.45) is 45.6 Å². The highest BCUT2D eigenvalue weighted by Crippen LogP contribution is 2.66. The first kappa shape index (κ1) is 26.5. The SMILES string of the molecule is C/C(=N\OC(=O)N(CCC1CC(C)CN1)C1CC1)[C@H]1CC[C@H]2[C@@H]3CCC4=CC(=O)CC[C@]4(C)[C@H]3CC[C@]12C. The van der Waals surface area contributed by atoms with Crippen molar-refractivity contribution < 1.29 is 14.4 Å². The van der Waals surface area contributed by atoms with Crippen LogP contribution in [0.1, 0.15) is 105 Å². The molecule has 0 spiro atoms. The number of amides is 1. The highest BCUT2D eigenvalue weighted by Gasteiger charge is 2.59. The van der Waals surface area contributed by atoms with Gasteiger partial charge in [0.2, 0.25) is 0 Å². The predicted octanol–water partition coefficient (Wildman–Crippen LogP) is 6.50. The van der Waals surface area contributed by atoms with Crippen LogP contribution in [0.3, 0.4) is 0 Å². The Balaban J connectivity index is 1.10. The third kappa shape index (κ3) is 4.67. The third-order valence-corrected chi connectivity index (χ3v) is 12.1. The summed E-state index contributed by atoms with van der Waals surface area (Å²) in [6.45, 7) is 11.2. The minimum atomic E-state index is -0.257. The number of rotatable bonds is 6. The van der Waals surface area contributed by atoms with Crippen molar-refractivity contribution in [3.63, 3.8) is 0 Å². The van der Waals surface area contributed by atoms with Crippen molar-refractivity contribution in [2.45, 2.75) is 117 Å². The number of hydrogen-bond donors (Lipinski definition) is 1. The highest BCUT2D eigenvalue weighted by atomic mass is 16.7. The Morgan fingerprint density at radius 3 is 2.66 bits per heavy atom. The molecule has 5 aliphatic carbocycles. The van der Waals surface area contributed by atoms with Crippen LogP contribution in [0.2, 0.25) is 0 Å². The summed E-state index contributed by atoms with van der Waals surface area (Å²) in [5, 5.41) is 8.11. The van der Waals surface area contributed by atoms with E-state index in [9.17, 15) is 9.59 Å². The van der Waals surface area contributed by atoms with E-state index in [1.165, 1.54) is 37.7 Å². The molecule has 1 saturated heterocycles. The number of ketones is 1. The Bertz CT molecular complexity index is 1020. The predicted molar refractivity (Wildman–Crippen MR) is 150 cm³/mol. The molecule has 1 amide bonds. The van der Waals surface area contributed by atoms with E-state index in [4.69, 9.17) is 4.84 Å². The zero-order chi connectivity index (χ0) is 26.7. The molecule has 8 atom stereocenters. The first-order valence-corrected chi connectivity index (χ1v) is 15.7. The summed E-state index contributed by atoms with van der Waals surface area (Å²) in [7, 11) is 0. The lowest BCUT2D eigenvalue weighted by atomic mass is 9.46. The maximum atomic E-state index is 13.1. The summed E-state index contributed by atoms with van der Waals surface area (Å²) >= 11 is 0. The molecule has 5 fully saturated rings. The molecule has 1 aliphatic heterocycles. The van der Waals surface area contributed by atoms with Crippen molar-refractivity contribution in [1.29, 1.82) is 0 Å². The van der Waals surface area contributed by atoms with Gasteiger partial charge in [-0.2, -0.15) is 0 Å². The summed E-state index contributed by atoms with van der Waals surface area (Å²) in [6.07, 6.45) is 15.0. The zero-order valence-corrected chi connectivity index (χ0v) is 24.1. The fourth-order valence-electron chi connectivity index (χ4n) is 9.82. The number of carbonyl (C=O) groups is 2. The first-order chi connectivity index (χ1) is 18.2. The van der Waals surface area contributed by atoms with E-state index < -0.39 is 0 Å². The van der Waals surface area contributed by atoms with Gasteiger partial charge in [-0.1, -0.05) is 31.5 Å². The first-order valence-electron chi connectivity index (χ1n) is 15.7. The van der Waals surface area contributed by atoms with Gasteiger partial charge in [-0.15, -0.1) is 0 Å². The minimum Gasteiger partial charge on any atom is -0.314 e. The highest BCUT2D eigenvalue weighted by molar-refractivity contribution is 5.91. The van der Waals surface area contributed by atoms with Crippen LogP contribution in [-0.4, -0.2) is 47.7 Å². The molecule has 0 radical (unpaired) electrons. The number of nitrogens with zero attached hydrogens (tertiary/aromatic N) is 2. The molecule has 210 valence electrons. The molecule has 6 nitrogen and oxygen atoms in total. The molecule has 0 aromatic rings. The molecule has 38 heavy (non-hydrogen) atoms. The summed E-state index contributed by atoms with van der Waals surface area (Å²) in [5.74, 6) is 3.59. The van der Waals surface area contributed by atoms with Gasteiger partial charge in [0.15, 0.2) is 5.78 Å². The average molecular weight is 524 g/mol. The molecule has 1 N–H and O–H groups in total. The van der Waals surface area contributed by atoms with Gasteiger partial charge in [0.25, 0.3) is 0 Å². The Labute approximate surface area is 229 Å². The van der Waals surface area contributed by atoms with Crippen LogP contribution in [0.4, 0.5) is 4.79 Å². The van der Waals surface area contributed by atoms with Gasteiger partial charge in [-0.25, -0.2) is 4.79 Å². The van der Waals surface area contributed by atoms with Crippen LogP contribution < -0.4 is 5.32 Å². The molecule has 6 rings (SSSR count). The fourth-order valence-corrected chi connectivity index (χ4v) is 9.82. The van der Waals surface area contributed by atoms with Gasteiger partial charge in [-0.05, 0) is 125 Å². The molecular formula is C32H49N3O3. The lowest BCUT2D eigenvalue weighted by molar-refractivity contribution is -0.117. The van der Waals surface area contributed by atoms with Gasteiger partial charge in [0, 0.05) is 31.0 Å².